The molecule has 0 atom stereocenters. The third kappa shape index (κ3) is 1.15. The van der Waals surface area contributed by atoms with Crippen molar-refractivity contribution in [3.8, 4) is 11.6 Å². The lowest BCUT2D eigenvalue weighted by molar-refractivity contribution is 0.560. The van der Waals surface area contributed by atoms with Crippen molar-refractivity contribution in [3.05, 3.63) is 12.1 Å². The highest BCUT2D eigenvalue weighted by Crippen LogP contribution is 2.26. The highest BCUT2D eigenvalue weighted by Gasteiger charge is 2.17. The van der Waals surface area contributed by atoms with Crippen LogP contribution in [0.4, 0.5) is 5.69 Å². The molecule has 0 saturated heterocycles. The number of hydrogen-bond acceptors (Lipinski definition) is 5. The monoisotopic (exact) mass is 193 g/mol. The van der Waals surface area contributed by atoms with Gasteiger partial charge in [-0.3, -0.25) is 4.68 Å². The van der Waals surface area contributed by atoms with Crippen LogP contribution in [0.25, 0.3) is 11.6 Å². The largest absolute Gasteiger partial charge is 0.422 e. The fourth-order valence-electron chi connectivity index (χ4n) is 1.39. The second kappa shape index (κ2) is 3.13. The van der Waals surface area contributed by atoms with Crippen LogP contribution in [0.5, 0.6) is 0 Å². The van der Waals surface area contributed by atoms with E-state index in [0.717, 1.165) is 12.1 Å². The first-order valence-electron chi connectivity index (χ1n) is 4.32. The lowest BCUT2D eigenvalue weighted by Gasteiger charge is -1.95. The zero-order valence-electron chi connectivity index (χ0n) is 8.06. The number of nitrogen functional groups attached to an aromatic ring is 1. The van der Waals surface area contributed by atoms with Crippen LogP contribution < -0.4 is 5.73 Å². The Balaban J connectivity index is 2.58. The van der Waals surface area contributed by atoms with E-state index in [1.807, 2.05) is 6.92 Å². The molecule has 14 heavy (non-hydrogen) atoms. The molecule has 2 N–H and O–H groups in total. The van der Waals surface area contributed by atoms with Crippen LogP contribution in [0.2, 0.25) is 0 Å². The molecule has 74 valence electrons. The first-order valence-corrected chi connectivity index (χ1v) is 4.32. The van der Waals surface area contributed by atoms with Gasteiger partial charge in [-0.2, -0.15) is 5.10 Å². The van der Waals surface area contributed by atoms with E-state index < -0.39 is 0 Å². The average molecular weight is 193 g/mol. The third-order valence-corrected chi connectivity index (χ3v) is 2.06. The summed E-state index contributed by atoms with van der Waals surface area (Å²) in [6.07, 6.45) is 2.06. The number of rotatable bonds is 2. The summed E-state index contributed by atoms with van der Waals surface area (Å²) in [7, 11) is 1.80. The number of anilines is 1. The van der Waals surface area contributed by atoms with Crippen molar-refractivity contribution in [3.63, 3.8) is 0 Å². The Morgan fingerprint density at radius 3 is 2.86 bits per heavy atom. The van der Waals surface area contributed by atoms with Crippen molar-refractivity contribution in [2.45, 2.75) is 13.3 Å². The van der Waals surface area contributed by atoms with Gasteiger partial charge >= 0.3 is 0 Å². The zero-order chi connectivity index (χ0) is 10.1. The lowest BCUT2D eigenvalue weighted by Crippen LogP contribution is -1.95. The van der Waals surface area contributed by atoms with Gasteiger partial charge in [-0.25, -0.2) is 0 Å². The molecular formula is C8H11N5O. The van der Waals surface area contributed by atoms with Crippen molar-refractivity contribution in [1.29, 1.82) is 0 Å². The first-order chi connectivity index (χ1) is 6.74. The molecule has 0 aliphatic carbocycles. The minimum Gasteiger partial charge on any atom is -0.422 e. The molecule has 2 heterocycles. The molecule has 0 fully saturated rings. The van der Waals surface area contributed by atoms with Crippen LogP contribution >= 0.6 is 0 Å². The highest BCUT2D eigenvalue weighted by atomic mass is 16.4. The van der Waals surface area contributed by atoms with Gasteiger partial charge in [0, 0.05) is 7.05 Å². The number of aryl methyl sites for hydroxylation is 2. The Hall–Kier alpha value is -1.85. The SMILES string of the molecule is CCc1nn(C)c(-c2nnco2)c1N. The van der Waals surface area contributed by atoms with Crippen LogP contribution in [-0.4, -0.2) is 20.0 Å². The molecule has 0 bridgehead atoms. The molecule has 0 unspecified atom stereocenters. The predicted molar refractivity (Wildman–Crippen MR) is 50.3 cm³/mol. The Morgan fingerprint density at radius 2 is 2.36 bits per heavy atom. The maximum absolute atomic E-state index is 5.89. The predicted octanol–water partition coefficient (Wildman–Crippen LogP) is 0.615. The molecule has 0 aliphatic rings. The van der Waals surface area contributed by atoms with Crippen LogP contribution in [0.15, 0.2) is 10.8 Å². The fraction of sp³-hybridized carbons (Fsp3) is 0.375. The molecule has 0 amide bonds. The second-order valence-electron chi connectivity index (χ2n) is 2.93. The minimum absolute atomic E-state index is 0.400. The van der Waals surface area contributed by atoms with Gasteiger partial charge in [-0.15, -0.1) is 10.2 Å². The molecule has 0 spiro atoms. The van der Waals surface area contributed by atoms with Crippen LogP contribution in [-0.2, 0) is 13.5 Å². The van der Waals surface area contributed by atoms with E-state index in [1.54, 1.807) is 11.7 Å². The Bertz CT molecular complexity index is 431. The van der Waals surface area contributed by atoms with Gasteiger partial charge in [0.2, 0.25) is 6.39 Å². The number of nitrogens with two attached hydrogens (primary N) is 1. The molecule has 2 aromatic heterocycles. The normalized spacial score (nSPS) is 10.7. The van der Waals surface area contributed by atoms with E-state index in [0.29, 0.717) is 17.3 Å². The van der Waals surface area contributed by atoms with E-state index in [2.05, 4.69) is 15.3 Å². The van der Waals surface area contributed by atoms with Crippen molar-refractivity contribution < 1.29 is 4.42 Å². The van der Waals surface area contributed by atoms with E-state index >= 15 is 0 Å². The number of hydrogen-bond donors (Lipinski definition) is 1. The van der Waals surface area contributed by atoms with Crippen molar-refractivity contribution in [2.24, 2.45) is 7.05 Å². The number of aromatic nitrogens is 4. The zero-order valence-corrected chi connectivity index (χ0v) is 8.06. The van der Waals surface area contributed by atoms with Gasteiger partial charge in [0.05, 0.1) is 11.4 Å². The number of nitrogens with zero attached hydrogens (tertiary/aromatic N) is 4. The Labute approximate surface area is 80.7 Å². The minimum atomic E-state index is 0.400. The highest BCUT2D eigenvalue weighted by molar-refractivity contribution is 5.68. The quantitative estimate of drug-likeness (QED) is 0.755. The molecule has 6 heteroatoms. The van der Waals surface area contributed by atoms with E-state index in [9.17, 15) is 0 Å². The molecular weight excluding hydrogens is 182 g/mol. The summed E-state index contributed by atoms with van der Waals surface area (Å²) < 4.78 is 6.73. The van der Waals surface area contributed by atoms with E-state index in [1.165, 1.54) is 6.39 Å². The summed E-state index contributed by atoms with van der Waals surface area (Å²) in [4.78, 5) is 0. The Kier molecular flexibility index (Phi) is 1.95. The summed E-state index contributed by atoms with van der Waals surface area (Å²) in [5, 5.41) is 11.6. The standard InChI is InChI=1S/C8H11N5O/c1-3-5-6(9)7(13(2)12-5)8-11-10-4-14-8/h4H,3,9H2,1-2H3. The van der Waals surface area contributed by atoms with Crippen LogP contribution in [0.3, 0.4) is 0 Å². The summed E-state index contributed by atoms with van der Waals surface area (Å²) in [6.45, 7) is 2.00. The molecule has 0 radical (unpaired) electrons. The van der Waals surface area contributed by atoms with Gasteiger partial charge < -0.3 is 10.2 Å². The average Bonchev–Trinajstić information content (AvgIpc) is 2.74. The smallest absolute Gasteiger partial charge is 0.267 e. The van der Waals surface area contributed by atoms with Gasteiger partial charge in [0.1, 0.15) is 5.69 Å². The lowest BCUT2D eigenvalue weighted by atomic mass is 10.2. The van der Waals surface area contributed by atoms with Gasteiger partial charge in [0.25, 0.3) is 5.89 Å². The maximum atomic E-state index is 5.89. The second-order valence-corrected chi connectivity index (χ2v) is 2.93. The van der Waals surface area contributed by atoms with Crippen LogP contribution in [0.1, 0.15) is 12.6 Å². The summed E-state index contributed by atoms with van der Waals surface area (Å²) in [5.74, 6) is 0.400. The Morgan fingerprint density at radius 1 is 1.57 bits per heavy atom. The third-order valence-electron chi connectivity index (χ3n) is 2.06. The van der Waals surface area contributed by atoms with E-state index in [4.69, 9.17) is 10.2 Å². The summed E-state index contributed by atoms with van der Waals surface area (Å²) in [6, 6.07) is 0. The van der Waals surface area contributed by atoms with Crippen molar-refractivity contribution in [2.75, 3.05) is 5.73 Å². The van der Waals surface area contributed by atoms with Crippen molar-refractivity contribution >= 4 is 5.69 Å². The van der Waals surface area contributed by atoms with E-state index in [-0.39, 0.29) is 0 Å². The van der Waals surface area contributed by atoms with Crippen molar-refractivity contribution in [1.82, 2.24) is 20.0 Å². The molecule has 2 aromatic rings. The molecule has 0 aromatic carbocycles. The van der Waals surface area contributed by atoms with Gasteiger partial charge in [-0.05, 0) is 6.42 Å². The molecule has 0 saturated carbocycles. The molecule has 0 aliphatic heterocycles. The van der Waals surface area contributed by atoms with Gasteiger partial charge in [0.15, 0.2) is 0 Å². The maximum Gasteiger partial charge on any atom is 0.267 e. The first kappa shape index (κ1) is 8.74. The fourth-order valence-corrected chi connectivity index (χ4v) is 1.39. The summed E-state index contributed by atoms with van der Waals surface area (Å²) >= 11 is 0. The summed E-state index contributed by atoms with van der Waals surface area (Å²) in [5.41, 5.74) is 8.03. The topological polar surface area (TPSA) is 82.8 Å². The molecule has 2 rings (SSSR count). The van der Waals surface area contributed by atoms with Crippen LogP contribution in [0, 0.1) is 0 Å². The molecule has 6 nitrogen and oxygen atoms in total. The van der Waals surface area contributed by atoms with Gasteiger partial charge in [-0.1, -0.05) is 6.92 Å².